The minimum Gasteiger partial charge on any atom is -0.466 e. The zero-order valence-electron chi connectivity index (χ0n) is 14.0. The third kappa shape index (κ3) is 3.83. The highest BCUT2D eigenvalue weighted by molar-refractivity contribution is 7.99. The van der Waals surface area contributed by atoms with Gasteiger partial charge < -0.3 is 4.74 Å². The number of Topliss-reactive ketones (excluding diaryl/α,β-unsaturated/α-hetero) is 1. The molecule has 3 aromatic rings. The molecule has 1 N–H and O–H groups in total. The van der Waals surface area contributed by atoms with Crippen molar-refractivity contribution in [3.8, 4) is 5.69 Å². The minimum absolute atomic E-state index is 0.00225. The summed E-state index contributed by atoms with van der Waals surface area (Å²) in [6.45, 7) is 1.91. The maximum absolute atomic E-state index is 12.8. The van der Waals surface area contributed by atoms with Gasteiger partial charge in [-0.3, -0.25) is 24.0 Å². The number of rotatable bonds is 7. The molecule has 0 amide bonds. The van der Waals surface area contributed by atoms with Crippen LogP contribution in [0.5, 0.6) is 0 Å². The molecule has 0 fully saturated rings. The maximum Gasteiger partial charge on any atom is 0.313 e. The monoisotopic (exact) mass is 372 g/mol. The number of hydrogen-bond acceptors (Lipinski definition) is 7. The predicted octanol–water partition coefficient (Wildman–Crippen LogP) is 1.72. The highest BCUT2D eigenvalue weighted by atomic mass is 32.2. The van der Waals surface area contributed by atoms with Crippen molar-refractivity contribution in [3.63, 3.8) is 0 Å². The van der Waals surface area contributed by atoms with E-state index in [-0.39, 0.29) is 30.1 Å². The van der Waals surface area contributed by atoms with Crippen LogP contribution >= 0.6 is 11.8 Å². The zero-order chi connectivity index (χ0) is 18.5. The lowest BCUT2D eigenvalue weighted by Gasteiger charge is -2.11. The van der Waals surface area contributed by atoms with Crippen LogP contribution in [-0.4, -0.2) is 43.9 Å². The van der Waals surface area contributed by atoms with E-state index in [0.717, 1.165) is 11.8 Å². The van der Waals surface area contributed by atoms with Gasteiger partial charge in [-0.25, -0.2) is 4.98 Å². The van der Waals surface area contributed by atoms with Crippen LogP contribution in [0.4, 0.5) is 0 Å². The zero-order valence-corrected chi connectivity index (χ0v) is 14.8. The van der Waals surface area contributed by atoms with Gasteiger partial charge in [0.05, 0.1) is 24.2 Å². The Labute approximate surface area is 152 Å². The van der Waals surface area contributed by atoms with E-state index in [4.69, 9.17) is 4.74 Å². The van der Waals surface area contributed by atoms with E-state index >= 15 is 0 Å². The first-order valence-corrected chi connectivity index (χ1v) is 8.90. The number of ether oxygens (including phenoxy) is 1. The van der Waals surface area contributed by atoms with E-state index in [1.54, 1.807) is 19.1 Å². The second-order valence-electron chi connectivity index (χ2n) is 5.31. The summed E-state index contributed by atoms with van der Waals surface area (Å²) in [6, 6.07) is 9.01. The first-order valence-electron chi connectivity index (χ1n) is 7.91. The van der Waals surface area contributed by atoms with Crippen LogP contribution in [0.2, 0.25) is 0 Å². The molecule has 26 heavy (non-hydrogen) atoms. The molecule has 3 rings (SSSR count). The molecule has 0 radical (unpaired) electrons. The lowest BCUT2D eigenvalue weighted by Crippen LogP contribution is -2.22. The van der Waals surface area contributed by atoms with Gasteiger partial charge in [-0.05, 0) is 19.1 Å². The largest absolute Gasteiger partial charge is 0.466 e. The number of fused-ring (bicyclic) bond motifs is 1. The fourth-order valence-electron chi connectivity index (χ4n) is 2.34. The number of esters is 1. The van der Waals surface area contributed by atoms with Crippen molar-refractivity contribution in [3.05, 3.63) is 46.9 Å². The lowest BCUT2D eigenvalue weighted by molar-refractivity contribution is -0.145. The Kier molecular flexibility index (Phi) is 5.47. The van der Waals surface area contributed by atoms with Gasteiger partial charge in [0.15, 0.2) is 16.6 Å². The Morgan fingerprint density at radius 3 is 2.77 bits per heavy atom. The standard InChI is InChI=1S/C17H16N4O4S/c1-2-25-14(23)8-12(22)10-26-17-19-15-13(9-18-20-15)16(24)21(17)11-6-4-3-5-7-11/h3-7,9H,2,8,10H2,1H3,(H,18,20). The van der Waals surface area contributed by atoms with Crippen molar-refractivity contribution in [1.29, 1.82) is 0 Å². The number of nitrogens with zero attached hydrogens (tertiary/aromatic N) is 3. The summed E-state index contributed by atoms with van der Waals surface area (Å²) in [5, 5.41) is 7.22. The highest BCUT2D eigenvalue weighted by Gasteiger charge is 2.17. The summed E-state index contributed by atoms with van der Waals surface area (Å²) in [7, 11) is 0. The predicted molar refractivity (Wildman–Crippen MR) is 96.5 cm³/mol. The average molecular weight is 372 g/mol. The molecular formula is C17H16N4O4S. The Bertz CT molecular complexity index is 997. The van der Waals surface area contributed by atoms with E-state index < -0.39 is 5.97 Å². The molecule has 0 bridgehead atoms. The van der Waals surface area contributed by atoms with Crippen molar-refractivity contribution >= 4 is 34.5 Å². The van der Waals surface area contributed by atoms with E-state index in [0.29, 0.717) is 21.9 Å². The number of aromatic amines is 1. The van der Waals surface area contributed by atoms with Gasteiger partial charge in [-0.1, -0.05) is 30.0 Å². The van der Waals surface area contributed by atoms with Crippen LogP contribution in [0, 0.1) is 0 Å². The summed E-state index contributed by atoms with van der Waals surface area (Å²) >= 11 is 1.09. The van der Waals surface area contributed by atoms with Crippen molar-refractivity contribution in [2.24, 2.45) is 0 Å². The molecule has 0 atom stereocenters. The van der Waals surface area contributed by atoms with Crippen molar-refractivity contribution < 1.29 is 14.3 Å². The summed E-state index contributed by atoms with van der Waals surface area (Å²) in [4.78, 5) is 40.6. The van der Waals surface area contributed by atoms with Crippen molar-refractivity contribution in [2.75, 3.05) is 12.4 Å². The Morgan fingerprint density at radius 2 is 2.04 bits per heavy atom. The molecule has 0 aliphatic heterocycles. The fourth-order valence-corrected chi connectivity index (χ4v) is 3.21. The molecule has 0 aliphatic carbocycles. The van der Waals surface area contributed by atoms with Gasteiger partial charge in [-0.2, -0.15) is 5.10 Å². The number of thioether (sulfide) groups is 1. The number of para-hydroxylation sites is 1. The summed E-state index contributed by atoms with van der Waals surface area (Å²) in [6.07, 6.45) is 1.12. The van der Waals surface area contributed by atoms with Crippen LogP contribution in [0.3, 0.4) is 0 Å². The van der Waals surface area contributed by atoms with Gasteiger partial charge in [0.2, 0.25) is 0 Å². The SMILES string of the molecule is CCOC(=O)CC(=O)CSc1nc2[nH]ncc2c(=O)n1-c1ccccc1. The minimum atomic E-state index is -0.560. The lowest BCUT2D eigenvalue weighted by atomic mass is 10.3. The molecule has 2 heterocycles. The topological polar surface area (TPSA) is 107 Å². The van der Waals surface area contributed by atoms with Crippen LogP contribution < -0.4 is 5.56 Å². The molecular weight excluding hydrogens is 356 g/mol. The van der Waals surface area contributed by atoms with Crippen LogP contribution in [0.25, 0.3) is 16.7 Å². The van der Waals surface area contributed by atoms with Gasteiger partial charge in [-0.15, -0.1) is 0 Å². The number of hydrogen-bond donors (Lipinski definition) is 1. The number of aromatic nitrogens is 4. The van der Waals surface area contributed by atoms with E-state index in [1.165, 1.54) is 10.8 Å². The van der Waals surface area contributed by atoms with Crippen LogP contribution in [0.15, 0.2) is 46.5 Å². The number of carbonyl (C=O) groups excluding carboxylic acids is 2. The summed E-state index contributed by atoms with van der Waals surface area (Å²) in [5.41, 5.74) is 0.700. The van der Waals surface area contributed by atoms with Gasteiger partial charge in [0, 0.05) is 0 Å². The van der Waals surface area contributed by atoms with E-state index in [2.05, 4.69) is 15.2 Å². The second kappa shape index (κ2) is 7.96. The number of carbonyl (C=O) groups is 2. The molecule has 0 unspecified atom stereocenters. The Morgan fingerprint density at radius 1 is 1.27 bits per heavy atom. The molecule has 0 saturated heterocycles. The molecule has 9 heteroatoms. The van der Waals surface area contributed by atoms with Crippen LogP contribution in [-0.2, 0) is 14.3 Å². The molecule has 134 valence electrons. The molecule has 2 aromatic heterocycles. The Balaban J connectivity index is 1.91. The Hall–Kier alpha value is -2.94. The quantitative estimate of drug-likeness (QED) is 0.291. The first kappa shape index (κ1) is 17.9. The van der Waals surface area contributed by atoms with Gasteiger partial charge >= 0.3 is 5.97 Å². The normalized spacial score (nSPS) is 10.8. The molecule has 0 aliphatic rings. The van der Waals surface area contributed by atoms with Crippen LogP contribution in [0.1, 0.15) is 13.3 Å². The third-order valence-electron chi connectivity index (χ3n) is 3.47. The van der Waals surface area contributed by atoms with Crippen molar-refractivity contribution in [2.45, 2.75) is 18.5 Å². The number of H-pyrrole nitrogens is 1. The first-order chi connectivity index (χ1) is 12.6. The van der Waals surface area contributed by atoms with E-state index in [1.807, 2.05) is 18.2 Å². The molecule has 0 saturated carbocycles. The second-order valence-corrected chi connectivity index (χ2v) is 6.25. The fraction of sp³-hybridized carbons (Fsp3) is 0.235. The summed E-state index contributed by atoms with van der Waals surface area (Å²) in [5.74, 6) is -0.861. The number of ketones is 1. The van der Waals surface area contributed by atoms with Gasteiger partial charge in [0.1, 0.15) is 11.8 Å². The third-order valence-corrected chi connectivity index (χ3v) is 4.47. The van der Waals surface area contributed by atoms with Gasteiger partial charge in [0.25, 0.3) is 5.56 Å². The van der Waals surface area contributed by atoms with E-state index in [9.17, 15) is 14.4 Å². The molecule has 1 aromatic carbocycles. The number of nitrogens with one attached hydrogen (secondary N) is 1. The smallest absolute Gasteiger partial charge is 0.313 e. The number of benzene rings is 1. The van der Waals surface area contributed by atoms with Crippen molar-refractivity contribution in [1.82, 2.24) is 19.7 Å². The molecule has 8 nitrogen and oxygen atoms in total. The maximum atomic E-state index is 12.8. The molecule has 0 spiro atoms. The highest BCUT2D eigenvalue weighted by Crippen LogP contribution is 2.20. The average Bonchev–Trinajstić information content (AvgIpc) is 3.10. The summed E-state index contributed by atoms with van der Waals surface area (Å²) < 4.78 is 6.20.